The minimum atomic E-state index is -0.669. The third-order valence-electron chi connectivity index (χ3n) is 3.61. The van der Waals surface area contributed by atoms with E-state index in [0.29, 0.717) is 12.9 Å². The molecule has 5 heteroatoms. The maximum Gasteiger partial charge on any atom is 0.146 e. The Morgan fingerprint density at radius 1 is 1.41 bits per heavy atom. The molecule has 0 spiro atoms. The highest BCUT2D eigenvalue weighted by atomic mass is 32.1. The van der Waals surface area contributed by atoms with Crippen molar-refractivity contribution in [2.75, 3.05) is 33.2 Å². The summed E-state index contributed by atoms with van der Waals surface area (Å²) in [7, 11) is 3.32. The Kier molecular flexibility index (Phi) is 8.56. The summed E-state index contributed by atoms with van der Waals surface area (Å²) in [6.07, 6.45) is 5.37. The predicted molar refractivity (Wildman–Crippen MR) is 78.5 cm³/mol. The molecule has 2 atom stereocenters. The highest BCUT2D eigenvalue weighted by molar-refractivity contribution is 7.80. The minimum absolute atomic E-state index is 0.400. The maximum absolute atomic E-state index is 5.69. The zero-order valence-corrected chi connectivity index (χ0v) is 13.3. The van der Waals surface area contributed by atoms with Gasteiger partial charge in [0.15, 0.2) is 0 Å². The van der Waals surface area contributed by atoms with Crippen molar-refractivity contribution in [1.29, 1.82) is 0 Å². The maximum atomic E-state index is 5.69. The summed E-state index contributed by atoms with van der Waals surface area (Å²) in [6, 6.07) is 2.85. The molecule has 1 aliphatic heterocycles. The van der Waals surface area contributed by atoms with Gasteiger partial charge in [-0.25, -0.2) is 0 Å². The molecule has 0 aromatic rings. The van der Waals surface area contributed by atoms with Crippen molar-refractivity contribution in [3.8, 4) is 0 Å². The molecule has 0 radical (unpaired) electrons. The lowest BCUT2D eigenvalue weighted by Crippen LogP contribution is -2.40. The normalized spacial score (nSPS) is 27.7. The highest BCUT2D eigenvalue weighted by Gasteiger charge is 2.21. The first-order valence-electron chi connectivity index (χ1n) is 6.69. The summed E-state index contributed by atoms with van der Waals surface area (Å²) in [5.74, 6) is 1.04. The number of methoxy groups -OCH3 is 1. The molecule has 1 heterocycles. The van der Waals surface area contributed by atoms with Gasteiger partial charge < -0.3 is 14.0 Å². The van der Waals surface area contributed by atoms with Crippen molar-refractivity contribution in [3.05, 3.63) is 0 Å². The van der Waals surface area contributed by atoms with Crippen LogP contribution in [0.25, 0.3) is 0 Å². The Balaban J connectivity index is 2.30. The second kappa shape index (κ2) is 9.39. The van der Waals surface area contributed by atoms with E-state index in [1.165, 1.54) is 37.9 Å². The molecule has 0 aromatic carbocycles. The predicted octanol–water partition coefficient (Wildman–Crippen LogP) is 2.13. The zero-order valence-electron chi connectivity index (χ0n) is 11.2. The first-order chi connectivity index (χ1) is 8.27. The van der Waals surface area contributed by atoms with Gasteiger partial charge >= 0.3 is 0 Å². The molecule has 1 rings (SSSR count). The van der Waals surface area contributed by atoms with Crippen LogP contribution in [0.3, 0.4) is 0 Å². The van der Waals surface area contributed by atoms with Crippen LogP contribution in [0.2, 0.25) is 12.1 Å². The summed E-state index contributed by atoms with van der Waals surface area (Å²) in [5, 5.41) is 0. The molecule has 0 aromatic heterocycles. The van der Waals surface area contributed by atoms with Crippen LogP contribution < -0.4 is 0 Å². The Labute approximate surface area is 113 Å². The lowest BCUT2D eigenvalue weighted by atomic mass is 10.1. The van der Waals surface area contributed by atoms with Crippen LogP contribution in [-0.4, -0.2) is 52.9 Å². The second-order valence-electron chi connectivity index (χ2n) is 4.92. The molecule has 0 bridgehead atoms. The molecule has 0 amide bonds. The number of rotatable bonds is 6. The first kappa shape index (κ1) is 15.5. The minimum Gasteiger partial charge on any atom is -0.359 e. The third-order valence-corrected chi connectivity index (χ3v) is 7.58. The lowest BCUT2D eigenvalue weighted by Gasteiger charge is -2.31. The molecule has 0 aliphatic carbocycles. The van der Waals surface area contributed by atoms with Crippen LogP contribution in [-0.2, 0) is 9.47 Å². The second-order valence-corrected chi connectivity index (χ2v) is 8.71. The molecular weight excluding hydrogens is 250 g/mol. The van der Waals surface area contributed by atoms with Gasteiger partial charge in [-0.05, 0) is 50.7 Å². The van der Waals surface area contributed by atoms with E-state index in [2.05, 4.69) is 24.2 Å². The monoisotopic (exact) mass is 277 g/mol. The third kappa shape index (κ3) is 6.24. The molecule has 102 valence electrons. The van der Waals surface area contributed by atoms with E-state index in [9.17, 15) is 0 Å². The van der Waals surface area contributed by atoms with Gasteiger partial charge in [-0.3, -0.25) is 0 Å². The summed E-state index contributed by atoms with van der Waals surface area (Å²) < 4.78 is 13.3. The molecule has 17 heavy (non-hydrogen) atoms. The Bertz CT molecular complexity index is 197. The van der Waals surface area contributed by atoms with Gasteiger partial charge in [0.05, 0.1) is 6.10 Å². The number of ether oxygens (including phenoxy) is 2. The highest BCUT2D eigenvalue weighted by Crippen LogP contribution is 2.19. The van der Waals surface area contributed by atoms with Crippen molar-refractivity contribution in [2.24, 2.45) is 0 Å². The van der Waals surface area contributed by atoms with E-state index in [1.807, 2.05) is 0 Å². The molecule has 1 aliphatic rings. The average Bonchev–Trinajstić information content (AvgIpc) is 2.33. The summed E-state index contributed by atoms with van der Waals surface area (Å²) in [5.41, 5.74) is 0. The fourth-order valence-corrected chi connectivity index (χ4v) is 6.09. The van der Waals surface area contributed by atoms with Gasteiger partial charge in [-0.15, -0.1) is 0 Å². The van der Waals surface area contributed by atoms with Crippen LogP contribution in [0, 0.1) is 0 Å². The summed E-state index contributed by atoms with van der Waals surface area (Å²) in [4.78, 5) is 0. The van der Waals surface area contributed by atoms with Crippen LogP contribution in [0.5, 0.6) is 0 Å². The zero-order chi connectivity index (χ0) is 12.5. The van der Waals surface area contributed by atoms with Crippen molar-refractivity contribution in [1.82, 2.24) is 4.57 Å². The molecule has 1 fully saturated rings. The quantitative estimate of drug-likeness (QED) is 0.457. The van der Waals surface area contributed by atoms with Crippen molar-refractivity contribution in [3.63, 3.8) is 0 Å². The number of nitrogens with zero attached hydrogens (tertiary/aromatic N) is 1. The van der Waals surface area contributed by atoms with E-state index >= 15 is 0 Å². The van der Waals surface area contributed by atoms with Gasteiger partial charge in [0.2, 0.25) is 0 Å². The van der Waals surface area contributed by atoms with E-state index in [0.717, 1.165) is 12.2 Å². The fourth-order valence-electron chi connectivity index (χ4n) is 2.50. The fraction of sp³-hybridized carbons (Fsp3) is 1.00. The molecule has 1 saturated heterocycles. The van der Waals surface area contributed by atoms with Gasteiger partial charge in [-0.1, -0.05) is 6.42 Å². The largest absolute Gasteiger partial charge is 0.359 e. The lowest BCUT2D eigenvalue weighted by molar-refractivity contribution is -0.0778. The van der Waals surface area contributed by atoms with Crippen LogP contribution in [0.15, 0.2) is 0 Å². The topological polar surface area (TPSA) is 21.7 Å². The molecule has 0 saturated carbocycles. The number of hydrogen-bond acceptors (Lipinski definition) is 4. The summed E-state index contributed by atoms with van der Waals surface area (Å²) in [6.45, 7) is 1.63. The van der Waals surface area contributed by atoms with Gasteiger partial charge in [0.25, 0.3) is 0 Å². The average molecular weight is 278 g/mol. The van der Waals surface area contributed by atoms with Crippen LogP contribution in [0.4, 0.5) is 0 Å². The van der Waals surface area contributed by atoms with Gasteiger partial charge in [-0.2, -0.15) is 12.6 Å². The van der Waals surface area contributed by atoms with E-state index < -0.39 is 8.96 Å². The molecule has 3 nitrogen and oxygen atoms in total. The molecule has 0 N–H and O–H groups in total. The van der Waals surface area contributed by atoms with E-state index in [4.69, 9.17) is 9.47 Å². The number of hydrogen-bond donors (Lipinski definition) is 1. The van der Waals surface area contributed by atoms with Gasteiger partial charge in [0, 0.05) is 7.11 Å². The Morgan fingerprint density at radius 3 is 2.94 bits per heavy atom. The molecular formula is C12H27NO2SSi. The Hall–Kier alpha value is 0.447. The van der Waals surface area contributed by atoms with Crippen LogP contribution >= 0.6 is 12.6 Å². The van der Waals surface area contributed by atoms with Crippen molar-refractivity contribution in [2.45, 2.75) is 43.9 Å². The van der Waals surface area contributed by atoms with Crippen molar-refractivity contribution >= 4 is 21.6 Å². The van der Waals surface area contributed by atoms with E-state index in [-0.39, 0.29) is 0 Å². The number of thiol groups is 1. The SMILES string of the molecule is COCOC1CCC[SiH](CCCS)N(C)CC1. The smallest absolute Gasteiger partial charge is 0.146 e. The Morgan fingerprint density at radius 2 is 2.24 bits per heavy atom. The summed E-state index contributed by atoms with van der Waals surface area (Å²) >= 11 is 4.32. The first-order valence-corrected chi connectivity index (χ1v) is 9.47. The van der Waals surface area contributed by atoms with Crippen LogP contribution in [0.1, 0.15) is 25.7 Å². The van der Waals surface area contributed by atoms with Crippen molar-refractivity contribution < 1.29 is 9.47 Å². The van der Waals surface area contributed by atoms with Gasteiger partial charge in [0.1, 0.15) is 15.8 Å². The standard InChI is InChI=1S/C12H27NO2SSi/c1-13-7-6-12(15-11-14-2)5-3-9-17(13)10-4-8-16/h12,16-17H,3-11H2,1-2H3. The van der Waals surface area contributed by atoms with E-state index in [1.54, 1.807) is 7.11 Å². The molecule has 2 unspecified atom stereocenters.